The number of methoxy groups -OCH3 is 1. The zero-order chi connectivity index (χ0) is 27.3. The molecule has 200 valence electrons. The van der Waals surface area contributed by atoms with Crippen LogP contribution in [0.5, 0.6) is 0 Å². The summed E-state index contributed by atoms with van der Waals surface area (Å²) in [5.74, 6) is 1.57. The van der Waals surface area contributed by atoms with Crippen molar-refractivity contribution in [3.05, 3.63) is 63.1 Å². The Bertz CT molecular complexity index is 1620. The summed E-state index contributed by atoms with van der Waals surface area (Å²) in [7, 11) is 1.72. The van der Waals surface area contributed by atoms with Gasteiger partial charge in [-0.2, -0.15) is 0 Å². The summed E-state index contributed by atoms with van der Waals surface area (Å²) in [6.07, 6.45) is 2.71. The number of likely N-dealkylation sites (tertiary alicyclic amines) is 1. The van der Waals surface area contributed by atoms with Gasteiger partial charge in [0.15, 0.2) is 0 Å². The van der Waals surface area contributed by atoms with Gasteiger partial charge < -0.3 is 15.0 Å². The van der Waals surface area contributed by atoms with Gasteiger partial charge in [-0.1, -0.05) is 18.2 Å². The Balaban J connectivity index is 1.24. The van der Waals surface area contributed by atoms with Crippen LogP contribution in [0.2, 0.25) is 0 Å². The molecule has 2 aliphatic rings. The Hall–Kier alpha value is -3.47. The minimum absolute atomic E-state index is 0.0391. The van der Waals surface area contributed by atoms with Crippen LogP contribution in [-0.2, 0) is 4.74 Å². The number of fused-ring (bicyclic) bond motifs is 2. The first kappa shape index (κ1) is 25.8. The Labute approximate surface area is 234 Å². The lowest BCUT2D eigenvalue weighted by atomic mass is 10.0. The average Bonchev–Trinajstić information content (AvgIpc) is 3.73. The van der Waals surface area contributed by atoms with Crippen molar-refractivity contribution in [1.29, 1.82) is 0 Å². The van der Waals surface area contributed by atoms with Crippen molar-refractivity contribution >= 4 is 56.7 Å². The maximum absolute atomic E-state index is 13.3. The molecule has 5 heterocycles. The van der Waals surface area contributed by atoms with Gasteiger partial charge in [-0.15, -0.1) is 22.7 Å². The first-order chi connectivity index (χ1) is 18.8. The molecular formula is C29H29N5O3S2. The Morgan fingerprint density at radius 3 is 2.85 bits per heavy atom. The topological polar surface area (TPSA) is 96.8 Å². The van der Waals surface area contributed by atoms with Gasteiger partial charge in [-0.25, -0.2) is 15.0 Å². The zero-order valence-electron chi connectivity index (χ0n) is 22.2. The highest BCUT2D eigenvalue weighted by atomic mass is 32.1. The largest absolute Gasteiger partial charge is 0.381 e. The number of nitrogens with zero attached hydrogens (tertiary/aromatic N) is 4. The number of aliphatic imine (C=N–C) groups is 1. The summed E-state index contributed by atoms with van der Waals surface area (Å²) in [6, 6.07) is 11.8. The van der Waals surface area contributed by atoms with E-state index in [4.69, 9.17) is 9.72 Å². The van der Waals surface area contributed by atoms with Crippen LogP contribution in [0.3, 0.4) is 0 Å². The lowest BCUT2D eigenvalue weighted by Gasteiger charge is -2.19. The highest BCUT2D eigenvalue weighted by molar-refractivity contribution is 7.20. The molecule has 0 spiro atoms. The molecule has 1 N–H and O–H groups in total. The van der Waals surface area contributed by atoms with Gasteiger partial charge >= 0.3 is 0 Å². The van der Waals surface area contributed by atoms with Crippen LogP contribution in [-0.4, -0.2) is 59.2 Å². The van der Waals surface area contributed by atoms with Crippen molar-refractivity contribution in [3.8, 4) is 10.4 Å². The van der Waals surface area contributed by atoms with Crippen molar-refractivity contribution in [1.82, 2.24) is 14.9 Å². The Morgan fingerprint density at radius 2 is 2.03 bits per heavy atom. The van der Waals surface area contributed by atoms with E-state index in [0.717, 1.165) is 44.1 Å². The van der Waals surface area contributed by atoms with E-state index >= 15 is 0 Å². The first-order valence-corrected chi connectivity index (χ1v) is 14.6. The van der Waals surface area contributed by atoms with Gasteiger partial charge in [-0.3, -0.25) is 9.59 Å². The van der Waals surface area contributed by atoms with Crippen LogP contribution < -0.4 is 5.32 Å². The number of hydrogen-bond acceptors (Lipinski definition) is 8. The second-order valence-corrected chi connectivity index (χ2v) is 12.2. The number of carbonyl (C=O) groups excluding carboxylic acids is 2. The number of benzene rings is 1. The van der Waals surface area contributed by atoms with Gasteiger partial charge in [0.25, 0.3) is 11.8 Å². The number of aromatic nitrogens is 2. The standard InChI is InChI=1S/C29H29N5O3S2/c1-15(22-8-9-23(38-22)20-7-5-6-18-13-30-27(35)25(18)20)31-26-21-12-24(39-28(21)33-17(3)32-26)29(36)34-11-10-19(14-34)16(2)37-4/h5-9,12-13,15-16,19H,10-11,14H2,1-4H3,(H,31,32,33). The summed E-state index contributed by atoms with van der Waals surface area (Å²) in [4.78, 5) is 44.5. The normalized spacial score (nSPS) is 18.1. The van der Waals surface area contributed by atoms with Crippen LogP contribution in [0.4, 0.5) is 5.82 Å². The molecule has 0 aliphatic carbocycles. The van der Waals surface area contributed by atoms with Crippen LogP contribution >= 0.6 is 22.7 Å². The number of hydrogen-bond donors (Lipinski definition) is 1. The van der Waals surface area contributed by atoms with Gasteiger partial charge in [0.2, 0.25) is 0 Å². The molecule has 0 radical (unpaired) electrons. The molecule has 39 heavy (non-hydrogen) atoms. The number of carbonyl (C=O) groups is 2. The van der Waals surface area contributed by atoms with E-state index in [0.29, 0.717) is 34.5 Å². The van der Waals surface area contributed by atoms with E-state index in [1.54, 1.807) is 24.7 Å². The van der Waals surface area contributed by atoms with Crippen LogP contribution in [0, 0.1) is 12.8 Å². The summed E-state index contributed by atoms with van der Waals surface area (Å²) in [6.45, 7) is 7.46. The number of anilines is 1. The Kier molecular flexibility index (Phi) is 6.78. The van der Waals surface area contributed by atoms with E-state index in [9.17, 15) is 9.59 Å². The molecule has 3 unspecified atom stereocenters. The maximum atomic E-state index is 13.3. The minimum atomic E-state index is -0.193. The summed E-state index contributed by atoms with van der Waals surface area (Å²) >= 11 is 3.06. The van der Waals surface area contributed by atoms with Crippen molar-refractivity contribution < 1.29 is 14.3 Å². The van der Waals surface area contributed by atoms with Gasteiger partial charge in [0.05, 0.1) is 28.0 Å². The van der Waals surface area contributed by atoms with Crippen molar-refractivity contribution in [2.24, 2.45) is 10.9 Å². The lowest BCUT2D eigenvalue weighted by molar-refractivity contribution is 0.0637. The highest BCUT2D eigenvalue weighted by Crippen LogP contribution is 2.38. The molecule has 3 aromatic heterocycles. The molecule has 10 heteroatoms. The van der Waals surface area contributed by atoms with Crippen molar-refractivity contribution in [2.75, 3.05) is 25.5 Å². The third-order valence-electron chi connectivity index (χ3n) is 7.57. The highest BCUT2D eigenvalue weighted by Gasteiger charge is 2.31. The zero-order valence-corrected chi connectivity index (χ0v) is 23.9. The molecule has 8 nitrogen and oxygen atoms in total. The van der Waals surface area contributed by atoms with Gasteiger partial charge in [0.1, 0.15) is 16.5 Å². The number of rotatable bonds is 7. The first-order valence-electron chi connectivity index (χ1n) is 13.0. The monoisotopic (exact) mass is 559 g/mol. The van der Waals surface area contributed by atoms with Crippen molar-refractivity contribution in [2.45, 2.75) is 39.3 Å². The second kappa shape index (κ2) is 10.3. The van der Waals surface area contributed by atoms with Crippen LogP contribution in [0.1, 0.15) is 62.6 Å². The number of nitrogens with one attached hydrogen (secondary N) is 1. The average molecular weight is 560 g/mol. The Morgan fingerprint density at radius 1 is 1.18 bits per heavy atom. The fourth-order valence-electron chi connectivity index (χ4n) is 5.27. The fraction of sp³-hybridized carbons (Fsp3) is 0.345. The van der Waals surface area contributed by atoms with Crippen LogP contribution in [0.25, 0.3) is 20.7 Å². The summed E-state index contributed by atoms with van der Waals surface area (Å²) in [5, 5.41) is 4.40. The molecule has 1 aromatic carbocycles. The quantitative estimate of drug-likeness (QED) is 0.300. The molecule has 0 saturated carbocycles. The van der Waals surface area contributed by atoms with Crippen molar-refractivity contribution in [3.63, 3.8) is 0 Å². The molecule has 1 saturated heterocycles. The van der Waals surface area contributed by atoms with Gasteiger partial charge in [0, 0.05) is 53.2 Å². The molecule has 4 aromatic rings. The number of aryl methyl sites for hydroxylation is 1. The summed E-state index contributed by atoms with van der Waals surface area (Å²) < 4.78 is 5.49. The second-order valence-electron chi connectivity index (χ2n) is 10.1. The SMILES string of the molecule is COC(C)C1CCN(C(=O)c2cc3c(NC(C)c4ccc(-c5cccc6c5C(=O)N=C6)s4)nc(C)nc3s2)C1. The number of thiophene rings is 2. The predicted octanol–water partition coefficient (Wildman–Crippen LogP) is 5.97. The number of amides is 2. The summed E-state index contributed by atoms with van der Waals surface area (Å²) in [5.41, 5.74) is 2.43. The maximum Gasteiger partial charge on any atom is 0.278 e. The predicted molar refractivity (Wildman–Crippen MR) is 156 cm³/mol. The molecule has 0 bridgehead atoms. The minimum Gasteiger partial charge on any atom is -0.381 e. The third kappa shape index (κ3) is 4.77. The van der Waals surface area contributed by atoms with Crippen LogP contribution in [0.15, 0.2) is 41.4 Å². The van der Waals surface area contributed by atoms with Gasteiger partial charge in [-0.05, 0) is 45.4 Å². The number of ether oxygens (including phenoxy) is 1. The molecular weight excluding hydrogens is 530 g/mol. The molecule has 1 fully saturated rings. The molecule has 2 aliphatic heterocycles. The van der Waals surface area contributed by atoms with E-state index in [1.807, 2.05) is 36.1 Å². The fourth-order valence-corrected chi connectivity index (χ4v) is 7.35. The van der Waals surface area contributed by atoms with E-state index in [-0.39, 0.29) is 24.0 Å². The van der Waals surface area contributed by atoms with E-state index in [2.05, 4.69) is 41.3 Å². The van der Waals surface area contributed by atoms with E-state index < -0.39 is 0 Å². The molecule has 2 amide bonds. The van der Waals surface area contributed by atoms with E-state index in [1.165, 1.54) is 11.3 Å². The molecule has 6 rings (SSSR count). The smallest absolute Gasteiger partial charge is 0.278 e. The third-order valence-corrected chi connectivity index (χ3v) is 9.88. The lowest BCUT2D eigenvalue weighted by Crippen LogP contribution is -2.30. The molecule has 3 atom stereocenters.